The number of aromatic nitrogens is 1. The van der Waals surface area contributed by atoms with Crippen LogP contribution in [0, 0.1) is 0 Å². The van der Waals surface area contributed by atoms with Crippen LogP contribution in [0.15, 0.2) is 47.4 Å². The number of H-pyrrole nitrogens is 1. The normalized spacial score (nSPS) is 11.0. The van der Waals surface area contributed by atoms with E-state index in [4.69, 9.17) is 0 Å². The van der Waals surface area contributed by atoms with E-state index < -0.39 is 23.6 Å². The molecule has 2 rings (SSSR count). The first-order chi connectivity index (χ1) is 9.83. The number of carbonyl (C=O) groups is 1. The molecule has 0 radical (unpaired) electrons. The number of rotatable bonds is 3. The Morgan fingerprint density at radius 3 is 2.38 bits per heavy atom. The van der Waals surface area contributed by atoms with E-state index >= 15 is 0 Å². The zero-order valence-corrected chi connectivity index (χ0v) is 10.4. The van der Waals surface area contributed by atoms with Crippen molar-refractivity contribution >= 4 is 11.6 Å². The zero-order valence-electron chi connectivity index (χ0n) is 10.4. The highest BCUT2D eigenvalue weighted by Crippen LogP contribution is 2.24. The Balaban J connectivity index is 2.07. The van der Waals surface area contributed by atoms with Gasteiger partial charge in [0, 0.05) is 23.5 Å². The van der Waals surface area contributed by atoms with Gasteiger partial charge in [0.2, 0.25) is 5.56 Å². The van der Waals surface area contributed by atoms with Crippen molar-refractivity contribution in [2.24, 2.45) is 0 Å². The van der Waals surface area contributed by atoms with Gasteiger partial charge < -0.3 is 15.0 Å². The monoisotopic (exact) mass is 298 g/mol. The van der Waals surface area contributed by atoms with Crippen molar-refractivity contribution in [1.29, 1.82) is 0 Å². The third-order valence-electron chi connectivity index (χ3n) is 2.38. The Morgan fingerprint density at radius 2 is 1.81 bits per heavy atom. The molecule has 1 amide bonds. The molecule has 0 spiro atoms. The van der Waals surface area contributed by atoms with Crippen LogP contribution in [0.5, 0.6) is 5.75 Å². The first-order valence-corrected chi connectivity index (χ1v) is 5.69. The number of pyridine rings is 1. The van der Waals surface area contributed by atoms with Crippen LogP contribution in [0.2, 0.25) is 0 Å². The summed E-state index contributed by atoms with van der Waals surface area (Å²) in [6.45, 7) is 0. The number of alkyl halides is 3. The molecule has 0 aliphatic heterocycles. The number of aromatic amines is 1. The van der Waals surface area contributed by atoms with Gasteiger partial charge in [0.15, 0.2) is 0 Å². The summed E-state index contributed by atoms with van der Waals surface area (Å²) < 4.78 is 39.7. The lowest BCUT2D eigenvalue weighted by Crippen LogP contribution is -2.17. The molecule has 1 aromatic carbocycles. The van der Waals surface area contributed by atoms with Crippen molar-refractivity contribution in [3.05, 3.63) is 58.5 Å². The standard InChI is InChI=1S/C13H9F3N2O3/c14-13(15,16)21-10-3-1-9(2-4-10)18-12(20)8-5-6-17-11(19)7-8/h1-7H,(H,17,19)(H,18,20). The average molecular weight is 298 g/mol. The molecule has 1 aromatic heterocycles. The van der Waals surface area contributed by atoms with E-state index in [0.29, 0.717) is 0 Å². The molecule has 2 aromatic rings. The van der Waals surface area contributed by atoms with Gasteiger partial charge in [0.25, 0.3) is 5.91 Å². The second kappa shape index (κ2) is 5.70. The van der Waals surface area contributed by atoms with Gasteiger partial charge in [-0.25, -0.2) is 0 Å². The van der Waals surface area contributed by atoms with Crippen molar-refractivity contribution in [2.75, 3.05) is 5.32 Å². The summed E-state index contributed by atoms with van der Waals surface area (Å²) in [7, 11) is 0. The number of hydrogen-bond acceptors (Lipinski definition) is 3. The highest BCUT2D eigenvalue weighted by atomic mass is 19.4. The van der Waals surface area contributed by atoms with Crippen molar-refractivity contribution in [3.63, 3.8) is 0 Å². The summed E-state index contributed by atoms with van der Waals surface area (Å²) >= 11 is 0. The van der Waals surface area contributed by atoms with E-state index in [-0.39, 0.29) is 11.3 Å². The zero-order chi connectivity index (χ0) is 15.5. The van der Waals surface area contributed by atoms with Gasteiger partial charge in [-0.05, 0) is 30.3 Å². The van der Waals surface area contributed by atoms with Gasteiger partial charge >= 0.3 is 6.36 Å². The van der Waals surface area contributed by atoms with Crippen molar-refractivity contribution in [1.82, 2.24) is 4.98 Å². The fourth-order valence-corrected chi connectivity index (χ4v) is 1.53. The quantitative estimate of drug-likeness (QED) is 0.914. The number of benzene rings is 1. The topological polar surface area (TPSA) is 71.2 Å². The minimum Gasteiger partial charge on any atom is -0.406 e. The number of anilines is 1. The van der Waals surface area contributed by atoms with E-state index in [1.165, 1.54) is 24.4 Å². The molecule has 5 nitrogen and oxygen atoms in total. The molecule has 0 saturated heterocycles. The third kappa shape index (κ3) is 4.37. The second-order valence-electron chi connectivity index (χ2n) is 3.97. The van der Waals surface area contributed by atoms with Crippen LogP contribution in [0.25, 0.3) is 0 Å². The molecule has 1 heterocycles. The highest BCUT2D eigenvalue weighted by Gasteiger charge is 2.30. The van der Waals surface area contributed by atoms with Crippen LogP contribution >= 0.6 is 0 Å². The van der Waals surface area contributed by atoms with Gasteiger partial charge in [-0.1, -0.05) is 0 Å². The summed E-state index contributed by atoms with van der Waals surface area (Å²) in [5.41, 5.74) is -0.0271. The SMILES string of the molecule is O=C(Nc1ccc(OC(F)(F)F)cc1)c1cc[nH]c(=O)c1. The fourth-order valence-electron chi connectivity index (χ4n) is 1.53. The number of carbonyl (C=O) groups excluding carboxylic acids is 1. The summed E-state index contributed by atoms with van der Waals surface area (Å²) in [5.74, 6) is -0.942. The molecule has 21 heavy (non-hydrogen) atoms. The predicted molar refractivity (Wildman–Crippen MR) is 68.1 cm³/mol. The van der Waals surface area contributed by atoms with E-state index in [0.717, 1.165) is 18.2 Å². The predicted octanol–water partition coefficient (Wildman–Crippen LogP) is 2.53. The summed E-state index contributed by atoms with van der Waals surface area (Å²) in [6, 6.07) is 7.16. The van der Waals surface area contributed by atoms with Crippen molar-refractivity contribution in [2.45, 2.75) is 6.36 Å². The van der Waals surface area contributed by atoms with Gasteiger partial charge in [0.05, 0.1) is 0 Å². The van der Waals surface area contributed by atoms with Crippen molar-refractivity contribution < 1.29 is 22.7 Å². The Kier molecular flexibility index (Phi) is 3.97. The molecular formula is C13H9F3N2O3. The minimum absolute atomic E-state index is 0.134. The Hall–Kier alpha value is -2.77. The summed E-state index contributed by atoms with van der Waals surface area (Å²) in [6.07, 6.45) is -3.45. The largest absolute Gasteiger partial charge is 0.573 e. The molecule has 0 aliphatic carbocycles. The van der Waals surface area contributed by atoms with E-state index in [1.807, 2.05) is 0 Å². The van der Waals surface area contributed by atoms with E-state index in [1.54, 1.807) is 0 Å². The van der Waals surface area contributed by atoms with Gasteiger partial charge in [-0.2, -0.15) is 0 Å². The fraction of sp³-hybridized carbons (Fsp3) is 0.0769. The van der Waals surface area contributed by atoms with E-state index in [9.17, 15) is 22.8 Å². The molecule has 0 unspecified atom stereocenters. The summed E-state index contributed by atoms with van der Waals surface area (Å²) in [4.78, 5) is 25.2. The van der Waals surface area contributed by atoms with Crippen LogP contribution in [-0.4, -0.2) is 17.3 Å². The number of nitrogens with one attached hydrogen (secondary N) is 2. The third-order valence-corrected chi connectivity index (χ3v) is 2.38. The lowest BCUT2D eigenvalue weighted by atomic mass is 10.2. The lowest BCUT2D eigenvalue weighted by molar-refractivity contribution is -0.274. The molecule has 0 fully saturated rings. The van der Waals surface area contributed by atoms with Crippen LogP contribution < -0.4 is 15.6 Å². The average Bonchev–Trinajstić information content (AvgIpc) is 2.39. The Morgan fingerprint density at radius 1 is 1.14 bits per heavy atom. The van der Waals surface area contributed by atoms with Crippen molar-refractivity contribution in [3.8, 4) is 5.75 Å². The summed E-state index contributed by atoms with van der Waals surface area (Å²) in [5, 5.41) is 2.45. The molecule has 8 heteroatoms. The van der Waals surface area contributed by atoms with Crippen LogP contribution in [-0.2, 0) is 0 Å². The molecule has 2 N–H and O–H groups in total. The van der Waals surface area contributed by atoms with Crippen LogP contribution in [0.1, 0.15) is 10.4 Å². The Bertz CT molecular complexity index is 693. The number of ether oxygens (including phenoxy) is 1. The maximum absolute atomic E-state index is 12.0. The van der Waals surface area contributed by atoms with Crippen LogP contribution in [0.3, 0.4) is 0 Å². The number of amides is 1. The lowest BCUT2D eigenvalue weighted by Gasteiger charge is -2.09. The molecule has 0 bridgehead atoms. The maximum Gasteiger partial charge on any atom is 0.573 e. The minimum atomic E-state index is -4.77. The molecule has 0 atom stereocenters. The van der Waals surface area contributed by atoms with Gasteiger partial charge in [0.1, 0.15) is 5.75 Å². The molecule has 110 valence electrons. The van der Waals surface area contributed by atoms with Crippen LogP contribution in [0.4, 0.5) is 18.9 Å². The smallest absolute Gasteiger partial charge is 0.406 e. The van der Waals surface area contributed by atoms with Gasteiger partial charge in [-0.15, -0.1) is 13.2 Å². The first-order valence-electron chi connectivity index (χ1n) is 5.69. The Labute approximate surface area is 116 Å². The molecule has 0 saturated carbocycles. The van der Waals surface area contributed by atoms with E-state index in [2.05, 4.69) is 15.0 Å². The number of halogens is 3. The maximum atomic E-state index is 12.0. The molecule has 0 aliphatic rings. The second-order valence-corrected chi connectivity index (χ2v) is 3.97. The first kappa shape index (κ1) is 14.6. The number of hydrogen-bond donors (Lipinski definition) is 2. The molecular weight excluding hydrogens is 289 g/mol. The van der Waals surface area contributed by atoms with Gasteiger partial charge in [-0.3, -0.25) is 9.59 Å². The highest BCUT2D eigenvalue weighted by molar-refractivity contribution is 6.04.